The van der Waals surface area contributed by atoms with Crippen molar-refractivity contribution in [3.05, 3.63) is 93.0 Å². The molecule has 8 heteroatoms. The second-order valence-electron chi connectivity index (χ2n) is 9.58. The van der Waals surface area contributed by atoms with Crippen molar-refractivity contribution in [2.45, 2.75) is 38.4 Å². The number of para-hydroxylation sites is 2. The Morgan fingerprint density at radius 3 is 2.64 bits per heavy atom. The molecule has 1 aliphatic heterocycles. The number of carbonyl (C=O) groups is 1. The fourth-order valence-electron chi connectivity index (χ4n) is 5.48. The van der Waals surface area contributed by atoms with Crippen LogP contribution in [0, 0.1) is 5.92 Å². The predicted octanol–water partition coefficient (Wildman–Crippen LogP) is 5.41. The second kappa shape index (κ2) is 11.1. The molecule has 2 aromatic carbocycles. The van der Waals surface area contributed by atoms with Gasteiger partial charge in [-0.3, -0.25) is 9.47 Å². The van der Waals surface area contributed by atoms with Crippen molar-refractivity contribution in [2.75, 3.05) is 19.6 Å². The van der Waals surface area contributed by atoms with Gasteiger partial charge in [0.15, 0.2) is 0 Å². The Balaban J connectivity index is 1.32. The van der Waals surface area contributed by atoms with E-state index < -0.39 is 6.09 Å². The lowest BCUT2D eigenvalue weighted by molar-refractivity contribution is 0.0933. The van der Waals surface area contributed by atoms with Crippen LogP contribution in [0.5, 0.6) is 0 Å². The normalized spacial score (nSPS) is 18.2. The molecule has 1 fully saturated rings. The van der Waals surface area contributed by atoms with Crippen molar-refractivity contribution in [3.8, 4) is 0 Å². The summed E-state index contributed by atoms with van der Waals surface area (Å²) < 4.78 is 1.87. The highest BCUT2D eigenvalue weighted by molar-refractivity contribution is 7.09. The monoisotopic (exact) mass is 504 g/mol. The maximum atomic E-state index is 12.9. The van der Waals surface area contributed by atoms with E-state index in [0.29, 0.717) is 19.5 Å². The first-order chi connectivity index (χ1) is 17.6. The summed E-state index contributed by atoms with van der Waals surface area (Å²) >= 11 is 1.77. The minimum atomic E-state index is -0.881. The molecule has 7 nitrogen and oxygen atoms in total. The maximum Gasteiger partial charge on any atom is 0.407 e. The molecule has 4 aromatic rings. The first-order valence-electron chi connectivity index (χ1n) is 12.5. The molecule has 2 unspecified atom stereocenters. The minimum absolute atomic E-state index is 0.0240. The average molecular weight is 505 g/mol. The number of H-pyrrole nitrogens is 1. The number of imidazole rings is 1. The maximum absolute atomic E-state index is 12.9. The molecular weight excluding hydrogens is 472 g/mol. The van der Waals surface area contributed by atoms with Gasteiger partial charge in [0.25, 0.3) is 0 Å². The van der Waals surface area contributed by atoms with Gasteiger partial charge in [0.05, 0.1) is 11.0 Å². The molecule has 1 amide bonds. The molecule has 36 heavy (non-hydrogen) atoms. The van der Waals surface area contributed by atoms with Gasteiger partial charge in [-0.15, -0.1) is 11.3 Å². The van der Waals surface area contributed by atoms with Gasteiger partial charge < -0.3 is 15.0 Å². The summed E-state index contributed by atoms with van der Waals surface area (Å²) in [5, 5.41) is 11.8. The predicted molar refractivity (Wildman–Crippen MR) is 143 cm³/mol. The summed E-state index contributed by atoms with van der Waals surface area (Å²) in [7, 11) is 0. The average Bonchev–Trinajstić information content (AvgIpc) is 3.51. The van der Waals surface area contributed by atoms with Crippen LogP contribution in [0.25, 0.3) is 11.0 Å². The fraction of sp³-hybridized carbons (Fsp3) is 0.357. The Labute approximate surface area is 214 Å². The second-order valence-corrected chi connectivity index (χ2v) is 10.6. The van der Waals surface area contributed by atoms with Crippen LogP contribution in [0.1, 0.15) is 35.7 Å². The topological polar surface area (TPSA) is 81.6 Å². The number of likely N-dealkylation sites (tertiary alicyclic amines) is 1. The third-order valence-corrected chi connectivity index (χ3v) is 8.04. The largest absolute Gasteiger partial charge is 0.465 e. The van der Waals surface area contributed by atoms with E-state index in [1.54, 1.807) is 11.3 Å². The molecule has 2 N–H and O–H groups in total. The van der Waals surface area contributed by atoms with Crippen LogP contribution in [0.3, 0.4) is 0 Å². The van der Waals surface area contributed by atoms with Crippen molar-refractivity contribution >= 4 is 28.5 Å². The molecule has 0 aliphatic carbocycles. The van der Waals surface area contributed by atoms with Crippen LogP contribution in [-0.2, 0) is 13.1 Å². The first-order valence-corrected chi connectivity index (χ1v) is 13.4. The molecule has 1 aliphatic rings. The minimum Gasteiger partial charge on any atom is -0.465 e. The first kappa shape index (κ1) is 24.3. The number of aromatic amines is 1. The molecule has 0 bridgehead atoms. The van der Waals surface area contributed by atoms with E-state index in [0.717, 1.165) is 43.5 Å². The van der Waals surface area contributed by atoms with Crippen molar-refractivity contribution in [3.63, 3.8) is 0 Å². The summed E-state index contributed by atoms with van der Waals surface area (Å²) in [5.74, 6) is 0.0760. The lowest BCUT2D eigenvalue weighted by Gasteiger charge is -2.38. The number of benzene rings is 2. The zero-order chi connectivity index (χ0) is 24.9. The Hall–Kier alpha value is -3.36. The van der Waals surface area contributed by atoms with Gasteiger partial charge >= 0.3 is 11.8 Å². The Morgan fingerprint density at radius 1 is 1.06 bits per heavy atom. The van der Waals surface area contributed by atoms with Gasteiger partial charge in [-0.25, -0.2) is 9.59 Å². The number of carboxylic acid groups (broad SMARTS) is 1. The molecule has 0 saturated carbocycles. The van der Waals surface area contributed by atoms with Gasteiger partial charge in [0, 0.05) is 37.1 Å². The molecule has 188 valence electrons. The molecular formula is C28H32N4O3S. The standard InChI is InChI=1S/C28H32N4O3S/c33-27-29-24-12-4-5-13-26(24)32(27)25-14-16-31(28(34)35)19-22(25)10-6-15-30(20-23-11-7-17-36-23)18-21-8-2-1-3-9-21/h1-5,7-9,11-13,17,22,25H,6,10,14-16,18-20H2,(H,29,33)(H,34,35). The van der Waals surface area contributed by atoms with Crippen molar-refractivity contribution < 1.29 is 9.90 Å². The van der Waals surface area contributed by atoms with Gasteiger partial charge in [-0.1, -0.05) is 48.5 Å². The number of nitrogens with zero attached hydrogens (tertiary/aromatic N) is 3. The number of piperidine rings is 1. The van der Waals surface area contributed by atoms with E-state index in [-0.39, 0.29) is 17.6 Å². The van der Waals surface area contributed by atoms with Gasteiger partial charge in [-0.05, 0) is 60.9 Å². The quantitative estimate of drug-likeness (QED) is 0.319. The van der Waals surface area contributed by atoms with Crippen LogP contribution in [0.4, 0.5) is 4.79 Å². The van der Waals surface area contributed by atoms with E-state index in [1.165, 1.54) is 15.3 Å². The highest BCUT2D eigenvalue weighted by Gasteiger charge is 2.34. The third kappa shape index (κ3) is 5.55. The molecule has 3 heterocycles. The number of rotatable bonds is 9. The molecule has 2 atom stereocenters. The molecule has 2 aromatic heterocycles. The number of nitrogens with one attached hydrogen (secondary N) is 1. The van der Waals surface area contributed by atoms with E-state index in [1.807, 2.05) is 34.9 Å². The van der Waals surface area contributed by atoms with Crippen LogP contribution in [0.15, 0.2) is 76.9 Å². The summed E-state index contributed by atoms with van der Waals surface area (Å²) in [6.45, 7) is 3.57. The van der Waals surface area contributed by atoms with Gasteiger partial charge in [0.1, 0.15) is 0 Å². The van der Waals surface area contributed by atoms with Crippen molar-refractivity contribution in [1.29, 1.82) is 0 Å². The zero-order valence-corrected chi connectivity index (χ0v) is 21.1. The molecule has 1 saturated heterocycles. The lowest BCUT2D eigenvalue weighted by Crippen LogP contribution is -2.45. The van der Waals surface area contributed by atoms with E-state index in [2.05, 4.69) is 51.7 Å². The van der Waals surface area contributed by atoms with Crippen molar-refractivity contribution in [2.24, 2.45) is 5.92 Å². The highest BCUT2D eigenvalue weighted by atomic mass is 32.1. The number of hydrogen-bond acceptors (Lipinski definition) is 4. The fourth-order valence-corrected chi connectivity index (χ4v) is 6.22. The number of fused-ring (bicyclic) bond motifs is 1. The van der Waals surface area contributed by atoms with E-state index in [4.69, 9.17) is 0 Å². The number of aromatic nitrogens is 2. The lowest BCUT2D eigenvalue weighted by atomic mass is 9.88. The van der Waals surface area contributed by atoms with Gasteiger partial charge in [-0.2, -0.15) is 0 Å². The Kier molecular flexibility index (Phi) is 7.53. The smallest absolute Gasteiger partial charge is 0.407 e. The molecule has 5 rings (SSSR count). The molecule has 0 spiro atoms. The van der Waals surface area contributed by atoms with Crippen LogP contribution in [0.2, 0.25) is 0 Å². The number of thiophene rings is 1. The SMILES string of the molecule is O=C(O)N1CCC(n2c(=O)[nH]c3ccccc32)C(CCCN(Cc2ccccc2)Cc2cccs2)C1. The van der Waals surface area contributed by atoms with Crippen LogP contribution < -0.4 is 5.69 Å². The Morgan fingerprint density at radius 2 is 1.86 bits per heavy atom. The third-order valence-electron chi connectivity index (χ3n) is 7.18. The summed E-state index contributed by atoms with van der Waals surface area (Å²) in [6, 6.07) is 22.5. The summed E-state index contributed by atoms with van der Waals surface area (Å²) in [5.41, 5.74) is 2.89. The van der Waals surface area contributed by atoms with Crippen LogP contribution in [-0.4, -0.2) is 50.2 Å². The summed E-state index contributed by atoms with van der Waals surface area (Å²) in [6.07, 6.45) is 1.55. The zero-order valence-electron chi connectivity index (χ0n) is 20.3. The van der Waals surface area contributed by atoms with E-state index >= 15 is 0 Å². The summed E-state index contributed by atoms with van der Waals surface area (Å²) in [4.78, 5) is 33.0. The highest BCUT2D eigenvalue weighted by Crippen LogP contribution is 2.33. The van der Waals surface area contributed by atoms with Gasteiger partial charge in [0.2, 0.25) is 0 Å². The number of amides is 1. The van der Waals surface area contributed by atoms with E-state index in [9.17, 15) is 14.7 Å². The van der Waals surface area contributed by atoms with Crippen molar-refractivity contribution in [1.82, 2.24) is 19.4 Å². The number of hydrogen-bond donors (Lipinski definition) is 2. The molecule has 0 radical (unpaired) electrons. The Bertz CT molecular complexity index is 1330. The van der Waals surface area contributed by atoms with Crippen LogP contribution >= 0.6 is 11.3 Å².